The van der Waals surface area contributed by atoms with Crippen molar-refractivity contribution in [2.45, 2.75) is 84.8 Å². The van der Waals surface area contributed by atoms with E-state index in [-0.39, 0.29) is 29.0 Å². The van der Waals surface area contributed by atoms with Gasteiger partial charge in [-0.05, 0) is 68.4 Å². The van der Waals surface area contributed by atoms with E-state index in [2.05, 4.69) is 33.0 Å². The molecule has 2 bridgehead atoms. The van der Waals surface area contributed by atoms with E-state index in [9.17, 15) is 19.8 Å². The standard InChI is InChI=1S/C25H44N2O5/c1-5-23(3)13-19(32-20(30)15-28)24(4)16(2)7-9-25(10-8-18(29)21(24)25)17(22(23)31)14-27-12-6-11-26/h16-17,19,21-22,27-28,31H,5-15,26H2,1-4H3/t16-,17+,19-,21?,22+,23+,24+,25+/m1/s1. The Labute approximate surface area is 192 Å². The van der Waals surface area contributed by atoms with Gasteiger partial charge in [0.1, 0.15) is 18.5 Å². The van der Waals surface area contributed by atoms with Gasteiger partial charge in [-0.15, -0.1) is 0 Å². The lowest BCUT2D eigenvalue weighted by molar-refractivity contribution is -0.214. The monoisotopic (exact) mass is 452 g/mol. The van der Waals surface area contributed by atoms with E-state index < -0.39 is 35.6 Å². The van der Waals surface area contributed by atoms with Gasteiger partial charge in [-0.3, -0.25) is 4.79 Å². The topological polar surface area (TPSA) is 122 Å². The molecule has 5 N–H and O–H groups in total. The first kappa shape index (κ1) is 25.6. The van der Waals surface area contributed by atoms with Crippen molar-refractivity contribution in [2.24, 2.45) is 39.7 Å². The van der Waals surface area contributed by atoms with Gasteiger partial charge in [0.2, 0.25) is 0 Å². The van der Waals surface area contributed by atoms with Gasteiger partial charge in [0, 0.05) is 30.2 Å². The maximum Gasteiger partial charge on any atom is 0.332 e. The molecule has 0 aromatic heterocycles. The molecule has 3 fully saturated rings. The lowest BCUT2D eigenvalue weighted by Gasteiger charge is -2.62. The highest BCUT2D eigenvalue weighted by atomic mass is 16.6. The molecule has 3 saturated carbocycles. The first-order valence-corrected chi connectivity index (χ1v) is 12.5. The molecule has 0 heterocycles. The van der Waals surface area contributed by atoms with E-state index in [4.69, 9.17) is 10.5 Å². The van der Waals surface area contributed by atoms with Gasteiger partial charge >= 0.3 is 5.97 Å². The molecule has 1 unspecified atom stereocenters. The summed E-state index contributed by atoms with van der Waals surface area (Å²) in [6.45, 7) is 9.85. The van der Waals surface area contributed by atoms with Crippen LogP contribution in [0, 0.1) is 34.0 Å². The summed E-state index contributed by atoms with van der Waals surface area (Å²) in [6.07, 6.45) is 4.08. The summed E-state index contributed by atoms with van der Waals surface area (Å²) in [5.41, 5.74) is 4.37. The molecule has 0 amide bonds. The molecular formula is C25H44N2O5. The number of rotatable bonds is 8. The van der Waals surface area contributed by atoms with E-state index in [1.807, 2.05) is 0 Å². The Kier molecular flexibility index (Phi) is 7.75. The van der Waals surface area contributed by atoms with Crippen LogP contribution in [0.3, 0.4) is 0 Å². The first-order chi connectivity index (χ1) is 15.1. The molecule has 0 aliphatic heterocycles. The maximum atomic E-state index is 13.5. The molecule has 0 spiro atoms. The van der Waals surface area contributed by atoms with E-state index in [1.54, 1.807) is 0 Å². The molecule has 184 valence electrons. The van der Waals surface area contributed by atoms with Crippen molar-refractivity contribution in [1.82, 2.24) is 5.32 Å². The molecule has 0 saturated heterocycles. The first-order valence-electron chi connectivity index (χ1n) is 12.5. The van der Waals surface area contributed by atoms with Crippen molar-refractivity contribution < 1.29 is 24.5 Å². The van der Waals surface area contributed by atoms with Gasteiger partial charge in [0.15, 0.2) is 0 Å². The molecule has 0 aromatic carbocycles. The number of nitrogens with one attached hydrogen (secondary N) is 1. The summed E-state index contributed by atoms with van der Waals surface area (Å²) in [5, 5.41) is 24.8. The Hall–Kier alpha value is -1.02. The van der Waals surface area contributed by atoms with E-state index >= 15 is 0 Å². The largest absolute Gasteiger partial charge is 0.460 e. The second-order valence-electron chi connectivity index (χ2n) is 11.2. The van der Waals surface area contributed by atoms with E-state index in [1.165, 1.54) is 0 Å². The van der Waals surface area contributed by atoms with Crippen LogP contribution in [0.5, 0.6) is 0 Å². The predicted molar refractivity (Wildman–Crippen MR) is 123 cm³/mol. The third kappa shape index (κ3) is 4.04. The Bertz CT molecular complexity index is 702. The van der Waals surface area contributed by atoms with Crippen LogP contribution in [-0.4, -0.2) is 60.4 Å². The zero-order valence-electron chi connectivity index (χ0n) is 20.4. The van der Waals surface area contributed by atoms with Crippen molar-refractivity contribution in [2.75, 3.05) is 26.2 Å². The summed E-state index contributed by atoms with van der Waals surface area (Å²) in [5.74, 6) is -0.529. The van der Waals surface area contributed by atoms with Crippen molar-refractivity contribution in [1.29, 1.82) is 0 Å². The van der Waals surface area contributed by atoms with Crippen LogP contribution >= 0.6 is 0 Å². The molecule has 3 aliphatic rings. The molecule has 0 radical (unpaired) electrons. The number of ketones is 1. The van der Waals surface area contributed by atoms with Crippen LogP contribution in [0.1, 0.15) is 72.6 Å². The number of ether oxygens (including phenoxy) is 1. The van der Waals surface area contributed by atoms with Crippen LogP contribution in [0.2, 0.25) is 0 Å². The van der Waals surface area contributed by atoms with Crippen LogP contribution in [0.15, 0.2) is 0 Å². The number of carbonyl (C=O) groups is 2. The fourth-order valence-corrected chi connectivity index (χ4v) is 7.45. The summed E-state index contributed by atoms with van der Waals surface area (Å²) >= 11 is 0. The fraction of sp³-hybridized carbons (Fsp3) is 0.920. The molecule has 7 nitrogen and oxygen atoms in total. The number of Topliss-reactive ketones (excluding diaryl/α,β-unsaturated/α-hetero) is 1. The summed E-state index contributed by atoms with van der Waals surface area (Å²) in [6, 6.07) is 0. The highest BCUT2D eigenvalue weighted by Crippen LogP contribution is 2.68. The molecule has 3 rings (SSSR count). The maximum absolute atomic E-state index is 13.5. The number of carbonyl (C=O) groups excluding carboxylic acids is 2. The molecular weight excluding hydrogens is 408 g/mol. The minimum atomic E-state index is -0.677. The Morgan fingerprint density at radius 1 is 1.31 bits per heavy atom. The Morgan fingerprint density at radius 3 is 2.66 bits per heavy atom. The summed E-state index contributed by atoms with van der Waals surface area (Å²) in [7, 11) is 0. The smallest absolute Gasteiger partial charge is 0.332 e. The number of hydrogen-bond acceptors (Lipinski definition) is 7. The van der Waals surface area contributed by atoms with Crippen LogP contribution in [0.25, 0.3) is 0 Å². The van der Waals surface area contributed by atoms with Crippen molar-refractivity contribution >= 4 is 11.8 Å². The van der Waals surface area contributed by atoms with Gasteiger partial charge in [0.05, 0.1) is 6.10 Å². The fourth-order valence-electron chi connectivity index (χ4n) is 7.45. The van der Waals surface area contributed by atoms with E-state index in [0.717, 1.165) is 38.6 Å². The number of nitrogens with two attached hydrogens (primary N) is 1. The second kappa shape index (κ2) is 9.69. The Balaban J connectivity index is 2.12. The molecule has 8 atom stereocenters. The number of hydrogen-bond donors (Lipinski definition) is 4. The number of aliphatic hydroxyl groups excluding tert-OH is 2. The third-order valence-electron chi connectivity index (χ3n) is 9.77. The molecule has 7 heteroatoms. The molecule has 32 heavy (non-hydrogen) atoms. The average Bonchev–Trinajstić information content (AvgIpc) is 3.12. The zero-order chi connectivity index (χ0) is 23.7. The quantitative estimate of drug-likeness (QED) is 0.328. The second-order valence-corrected chi connectivity index (χ2v) is 11.2. The van der Waals surface area contributed by atoms with Crippen LogP contribution < -0.4 is 11.1 Å². The van der Waals surface area contributed by atoms with Crippen LogP contribution in [-0.2, 0) is 14.3 Å². The van der Waals surface area contributed by atoms with E-state index in [0.29, 0.717) is 25.9 Å². The number of aliphatic hydroxyl groups is 2. The Morgan fingerprint density at radius 2 is 2.03 bits per heavy atom. The van der Waals surface area contributed by atoms with Gasteiger partial charge in [-0.2, -0.15) is 0 Å². The lowest BCUT2D eigenvalue weighted by Crippen LogP contribution is -2.65. The van der Waals surface area contributed by atoms with Gasteiger partial charge < -0.3 is 26.0 Å². The normalized spacial score (nSPS) is 44.0. The van der Waals surface area contributed by atoms with Gasteiger partial charge in [-0.1, -0.05) is 27.7 Å². The predicted octanol–water partition coefficient (Wildman–Crippen LogP) is 2.03. The summed E-state index contributed by atoms with van der Waals surface area (Å²) in [4.78, 5) is 25.8. The number of esters is 1. The lowest BCUT2D eigenvalue weighted by atomic mass is 9.43. The zero-order valence-corrected chi connectivity index (χ0v) is 20.4. The van der Waals surface area contributed by atoms with Crippen molar-refractivity contribution in [3.8, 4) is 0 Å². The van der Waals surface area contributed by atoms with Gasteiger partial charge in [0.25, 0.3) is 0 Å². The van der Waals surface area contributed by atoms with Gasteiger partial charge in [-0.25, -0.2) is 4.79 Å². The van der Waals surface area contributed by atoms with Crippen molar-refractivity contribution in [3.63, 3.8) is 0 Å². The average molecular weight is 453 g/mol. The van der Waals surface area contributed by atoms with Crippen LogP contribution in [0.4, 0.5) is 0 Å². The summed E-state index contributed by atoms with van der Waals surface area (Å²) < 4.78 is 5.90. The van der Waals surface area contributed by atoms with Crippen molar-refractivity contribution in [3.05, 3.63) is 0 Å². The minimum Gasteiger partial charge on any atom is -0.460 e. The molecule has 3 aliphatic carbocycles. The third-order valence-corrected chi connectivity index (χ3v) is 9.77. The highest BCUT2D eigenvalue weighted by Gasteiger charge is 2.69. The molecule has 0 aromatic rings. The highest BCUT2D eigenvalue weighted by molar-refractivity contribution is 5.85. The SMILES string of the molecule is CC[C@@]1(C)C[C@@H](OC(=O)CO)[C@@]2(C)C3C(=O)CC[C@@]3(CC[C@H]2C)[C@@H](CNCCCN)[C@@H]1O. The minimum absolute atomic E-state index is 0.0528.